The highest BCUT2D eigenvalue weighted by molar-refractivity contribution is 5.82. The molecule has 0 aromatic carbocycles. The number of carbonyl (C=O) groups excluding carboxylic acids is 1. The van der Waals surface area contributed by atoms with Gasteiger partial charge >= 0.3 is 0 Å². The zero-order valence-corrected chi connectivity index (χ0v) is 12.0. The molecule has 2 N–H and O–H groups in total. The number of rotatable bonds is 8. The van der Waals surface area contributed by atoms with Gasteiger partial charge in [-0.1, -0.05) is 0 Å². The van der Waals surface area contributed by atoms with E-state index in [1.54, 1.807) is 19.1 Å². The van der Waals surface area contributed by atoms with Gasteiger partial charge in [-0.3, -0.25) is 4.79 Å². The van der Waals surface area contributed by atoms with E-state index in [4.69, 9.17) is 19.9 Å². The molecule has 1 atom stereocenters. The van der Waals surface area contributed by atoms with Crippen LogP contribution in [0.25, 0.3) is 0 Å². The number of methoxy groups -OCH3 is 2. The van der Waals surface area contributed by atoms with Crippen LogP contribution in [0.1, 0.15) is 12.8 Å². The largest absolute Gasteiger partial charge is 0.383 e. The van der Waals surface area contributed by atoms with Crippen LogP contribution in [0.3, 0.4) is 0 Å². The Morgan fingerprint density at radius 1 is 1.26 bits per heavy atom. The van der Waals surface area contributed by atoms with E-state index in [1.165, 1.54) is 0 Å². The van der Waals surface area contributed by atoms with Gasteiger partial charge in [0.1, 0.15) is 0 Å². The zero-order valence-electron chi connectivity index (χ0n) is 12.0. The summed E-state index contributed by atoms with van der Waals surface area (Å²) >= 11 is 0. The minimum Gasteiger partial charge on any atom is -0.383 e. The summed E-state index contributed by atoms with van der Waals surface area (Å²) in [5.74, 6) is 0.204. The molecule has 6 heteroatoms. The second-order valence-corrected chi connectivity index (χ2v) is 4.79. The Hall–Kier alpha value is -0.690. The van der Waals surface area contributed by atoms with Crippen LogP contribution >= 0.6 is 0 Å². The van der Waals surface area contributed by atoms with Crippen LogP contribution in [-0.4, -0.2) is 70.6 Å². The lowest BCUT2D eigenvalue weighted by atomic mass is 9.91. The molecule has 19 heavy (non-hydrogen) atoms. The molecule has 0 aliphatic carbocycles. The third-order valence-electron chi connectivity index (χ3n) is 3.50. The third-order valence-corrected chi connectivity index (χ3v) is 3.50. The smallest absolute Gasteiger partial charge is 0.239 e. The number of amides is 1. The Kier molecular flexibility index (Phi) is 7.97. The van der Waals surface area contributed by atoms with E-state index < -0.39 is 6.04 Å². The topological polar surface area (TPSA) is 74.0 Å². The Morgan fingerprint density at radius 2 is 1.79 bits per heavy atom. The standard InChI is InChI=1S/C13H26N2O4/c1-17-9-5-15(6-10-18-2)13(16)12(14)11-3-7-19-8-4-11/h11-12H,3-10,14H2,1-2H3. The molecular formula is C13H26N2O4. The average molecular weight is 274 g/mol. The first kappa shape index (κ1) is 16.4. The molecule has 0 bridgehead atoms. The number of hydrogen-bond acceptors (Lipinski definition) is 5. The van der Waals surface area contributed by atoms with E-state index in [0.717, 1.165) is 12.8 Å². The quantitative estimate of drug-likeness (QED) is 0.667. The molecule has 1 saturated heterocycles. The van der Waals surface area contributed by atoms with Gasteiger partial charge in [0.15, 0.2) is 0 Å². The van der Waals surface area contributed by atoms with Gasteiger partial charge in [0.25, 0.3) is 0 Å². The van der Waals surface area contributed by atoms with Gasteiger partial charge in [-0.2, -0.15) is 0 Å². The van der Waals surface area contributed by atoms with E-state index in [2.05, 4.69) is 0 Å². The van der Waals surface area contributed by atoms with E-state index in [9.17, 15) is 4.79 Å². The van der Waals surface area contributed by atoms with Crippen LogP contribution in [0.5, 0.6) is 0 Å². The summed E-state index contributed by atoms with van der Waals surface area (Å²) in [6, 6.07) is -0.447. The predicted octanol–water partition coefficient (Wildman–Crippen LogP) is -0.138. The van der Waals surface area contributed by atoms with Crippen LogP contribution in [0.2, 0.25) is 0 Å². The average Bonchev–Trinajstić information content (AvgIpc) is 2.47. The number of ether oxygens (including phenoxy) is 3. The Labute approximate surface area is 115 Å². The first-order valence-electron chi connectivity index (χ1n) is 6.80. The van der Waals surface area contributed by atoms with Crippen LogP contribution in [0.4, 0.5) is 0 Å². The Bertz CT molecular complexity index is 249. The van der Waals surface area contributed by atoms with Crippen molar-refractivity contribution in [3.63, 3.8) is 0 Å². The molecule has 1 rings (SSSR count). The number of nitrogens with zero attached hydrogens (tertiary/aromatic N) is 1. The van der Waals surface area contributed by atoms with E-state index in [-0.39, 0.29) is 11.8 Å². The molecule has 1 unspecified atom stereocenters. The molecule has 1 aliphatic rings. The fraction of sp³-hybridized carbons (Fsp3) is 0.923. The first-order valence-corrected chi connectivity index (χ1v) is 6.80. The van der Waals surface area contributed by atoms with Gasteiger partial charge in [0.2, 0.25) is 5.91 Å². The molecule has 6 nitrogen and oxygen atoms in total. The molecule has 0 radical (unpaired) electrons. The molecule has 1 amide bonds. The SMILES string of the molecule is COCCN(CCOC)C(=O)C(N)C1CCOCC1. The number of nitrogens with two attached hydrogens (primary N) is 1. The lowest BCUT2D eigenvalue weighted by molar-refractivity contribution is -0.136. The van der Waals surface area contributed by atoms with Crippen molar-refractivity contribution < 1.29 is 19.0 Å². The van der Waals surface area contributed by atoms with E-state index >= 15 is 0 Å². The molecule has 0 spiro atoms. The number of carbonyl (C=O) groups is 1. The maximum Gasteiger partial charge on any atom is 0.239 e. The summed E-state index contributed by atoms with van der Waals surface area (Å²) in [7, 11) is 3.24. The van der Waals surface area contributed by atoms with Crippen molar-refractivity contribution in [1.82, 2.24) is 4.90 Å². The monoisotopic (exact) mass is 274 g/mol. The second kappa shape index (κ2) is 9.25. The zero-order chi connectivity index (χ0) is 14.1. The maximum atomic E-state index is 12.4. The normalized spacial score (nSPS) is 18.3. The molecule has 1 aliphatic heterocycles. The van der Waals surface area contributed by atoms with Crippen LogP contribution in [-0.2, 0) is 19.0 Å². The minimum atomic E-state index is -0.447. The van der Waals surface area contributed by atoms with Gasteiger partial charge in [-0.05, 0) is 18.8 Å². The lowest BCUT2D eigenvalue weighted by Crippen LogP contribution is -2.50. The summed E-state index contributed by atoms with van der Waals surface area (Å²) in [5.41, 5.74) is 6.11. The Balaban J connectivity index is 2.51. The van der Waals surface area contributed by atoms with Crippen molar-refractivity contribution in [2.75, 3.05) is 53.7 Å². The summed E-state index contributed by atoms with van der Waals surface area (Å²) in [6.45, 7) is 3.51. The predicted molar refractivity (Wildman–Crippen MR) is 71.9 cm³/mol. The summed E-state index contributed by atoms with van der Waals surface area (Å²) in [6.07, 6.45) is 1.71. The van der Waals surface area contributed by atoms with Crippen molar-refractivity contribution in [1.29, 1.82) is 0 Å². The van der Waals surface area contributed by atoms with E-state index in [1.807, 2.05) is 0 Å². The van der Waals surface area contributed by atoms with Crippen molar-refractivity contribution in [2.24, 2.45) is 11.7 Å². The summed E-state index contributed by atoms with van der Waals surface area (Å²) < 4.78 is 15.4. The highest BCUT2D eigenvalue weighted by atomic mass is 16.5. The molecule has 1 fully saturated rings. The number of hydrogen-bond donors (Lipinski definition) is 1. The van der Waals surface area contributed by atoms with Crippen LogP contribution in [0.15, 0.2) is 0 Å². The highest BCUT2D eigenvalue weighted by Crippen LogP contribution is 2.18. The van der Waals surface area contributed by atoms with Gasteiger partial charge in [-0.15, -0.1) is 0 Å². The van der Waals surface area contributed by atoms with Crippen LogP contribution < -0.4 is 5.73 Å². The summed E-state index contributed by atoms with van der Waals surface area (Å²) in [4.78, 5) is 14.1. The minimum absolute atomic E-state index is 0.0130. The third kappa shape index (κ3) is 5.44. The van der Waals surface area contributed by atoms with Crippen molar-refractivity contribution >= 4 is 5.91 Å². The van der Waals surface area contributed by atoms with Gasteiger partial charge in [0.05, 0.1) is 19.3 Å². The van der Waals surface area contributed by atoms with Gasteiger partial charge in [0, 0.05) is 40.5 Å². The Morgan fingerprint density at radius 3 is 2.26 bits per heavy atom. The molecule has 0 aromatic rings. The van der Waals surface area contributed by atoms with Crippen LogP contribution in [0, 0.1) is 5.92 Å². The van der Waals surface area contributed by atoms with Gasteiger partial charge < -0.3 is 24.8 Å². The lowest BCUT2D eigenvalue weighted by Gasteiger charge is -2.31. The first-order chi connectivity index (χ1) is 9.20. The fourth-order valence-electron chi connectivity index (χ4n) is 2.22. The molecule has 0 aromatic heterocycles. The van der Waals surface area contributed by atoms with Crippen molar-refractivity contribution in [3.8, 4) is 0 Å². The highest BCUT2D eigenvalue weighted by Gasteiger charge is 2.29. The second-order valence-electron chi connectivity index (χ2n) is 4.79. The molecule has 1 heterocycles. The molecule has 112 valence electrons. The maximum absolute atomic E-state index is 12.4. The van der Waals surface area contributed by atoms with Gasteiger partial charge in [-0.25, -0.2) is 0 Å². The molecular weight excluding hydrogens is 248 g/mol. The van der Waals surface area contributed by atoms with Crippen molar-refractivity contribution in [3.05, 3.63) is 0 Å². The van der Waals surface area contributed by atoms with E-state index in [0.29, 0.717) is 39.5 Å². The summed E-state index contributed by atoms with van der Waals surface area (Å²) in [5, 5.41) is 0. The van der Waals surface area contributed by atoms with Crippen molar-refractivity contribution in [2.45, 2.75) is 18.9 Å². The fourth-order valence-corrected chi connectivity index (χ4v) is 2.22. The molecule has 0 saturated carbocycles.